The van der Waals surface area contributed by atoms with Crippen LogP contribution in [0.3, 0.4) is 0 Å². The number of pyridine rings is 1. The normalized spacial score (nSPS) is 10.0. The summed E-state index contributed by atoms with van der Waals surface area (Å²) >= 11 is 0. The van der Waals surface area contributed by atoms with Crippen LogP contribution in [0, 0.1) is 13.8 Å². The minimum absolute atomic E-state index is 0.172. The lowest BCUT2D eigenvalue weighted by atomic mass is 10.1. The first-order valence-corrected chi connectivity index (χ1v) is 4.24. The average molecular weight is 179 g/mol. The lowest BCUT2D eigenvalue weighted by Crippen LogP contribution is -2.00. The third kappa shape index (κ3) is 2.86. The van der Waals surface area contributed by atoms with Gasteiger partial charge in [0.1, 0.15) is 0 Å². The van der Waals surface area contributed by atoms with Gasteiger partial charge in [-0.3, -0.25) is 9.78 Å². The maximum Gasteiger partial charge on any atom is 0.303 e. The van der Waals surface area contributed by atoms with Gasteiger partial charge in [0.25, 0.3) is 0 Å². The Hall–Kier alpha value is -1.38. The van der Waals surface area contributed by atoms with Crippen LogP contribution in [0.15, 0.2) is 12.1 Å². The highest BCUT2D eigenvalue weighted by atomic mass is 16.4. The molecule has 1 aromatic rings. The summed E-state index contributed by atoms with van der Waals surface area (Å²) in [5.74, 6) is -0.764. The zero-order valence-corrected chi connectivity index (χ0v) is 7.87. The number of nitrogens with zero attached hydrogens (tertiary/aromatic N) is 1. The largest absolute Gasteiger partial charge is 0.481 e. The molecule has 0 saturated heterocycles. The Morgan fingerprint density at radius 2 is 2.15 bits per heavy atom. The highest BCUT2D eigenvalue weighted by Gasteiger charge is 2.02. The first kappa shape index (κ1) is 9.71. The smallest absolute Gasteiger partial charge is 0.303 e. The van der Waals surface area contributed by atoms with Crippen molar-refractivity contribution < 1.29 is 9.90 Å². The highest BCUT2D eigenvalue weighted by molar-refractivity contribution is 5.67. The zero-order chi connectivity index (χ0) is 9.84. The van der Waals surface area contributed by atoms with E-state index >= 15 is 0 Å². The Kier molecular flexibility index (Phi) is 3.01. The van der Waals surface area contributed by atoms with Crippen molar-refractivity contribution in [3.8, 4) is 0 Å². The predicted molar refractivity (Wildman–Crippen MR) is 49.7 cm³/mol. The molecule has 1 aromatic heterocycles. The van der Waals surface area contributed by atoms with E-state index in [1.54, 1.807) is 0 Å². The molecule has 3 nitrogen and oxygen atoms in total. The topological polar surface area (TPSA) is 50.2 Å². The molecule has 3 heteroatoms. The number of carboxylic acid groups (broad SMARTS) is 1. The van der Waals surface area contributed by atoms with Crippen LogP contribution in [0.5, 0.6) is 0 Å². The average Bonchev–Trinajstić information content (AvgIpc) is 2.02. The Morgan fingerprint density at radius 3 is 2.69 bits per heavy atom. The van der Waals surface area contributed by atoms with Gasteiger partial charge in [-0.15, -0.1) is 0 Å². The molecule has 0 aliphatic carbocycles. The molecule has 1 rings (SSSR count). The molecule has 0 bridgehead atoms. The molecule has 1 N–H and O–H groups in total. The molecule has 0 atom stereocenters. The van der Waals surface area contributed by atoms with Crippen LogP contribution in [-0.2, 0) is 11.2 Å². The zero-order valence-electron chi connectivity index (χ0n) is 7.87. The fourth-order valence-electron chi connectivity index (χ4n) is 1.22. The van der Waals surface area contributed by atoms with Gasteiger partial charge in [-0.05, 0) is 31.9 Å². The van der Waals surface area contributed by atoms with E-state index in [1.165, 1.54) is 0 Å². The molecule has 0 aromatic carbocycles. The summed E-state index contributed by atoms with van der Waals surface area (Å²) in [6, 6.07) is 3.85. The second-order valence-electron chi connectivity index (χ2n) is 3.09. The number of carboxylic acids is 1. The maximum absolute atomic E-state index is 10.3. The molecule has 0 fully saturated rings. The van der Waals surface area contributed by atoms with Crippen molar-refractivity contribution in [2.75, 3.05) is 0 Å². The Morgan fingerprint density at radius 1 is 1.46 bits per heavy atom. The molecule has 0 radical (unpaired) electrons. The van der Waals surface area contributed by atoms with E-state index in [-0.39, 0.29) is 6.42 Å². The van der Waals surface area contributed by atoms with E-state index in [9.17, 15) is 4.79 Å². The van der Waals surface area contributed by atoms with Crippen molar-refractivity contribution >= 4 is 5.97 Å². The number of aromatic nitrogens is 1. The number of aryl methyl sites for hydroxylation is 3. The SMILES string of the molecule is Cc1ccc(CCC(=O)O)c(C)n1. The third-order valence-electron chi connectivity index (χ3n) is 1.94. The molecule has 0 amide bonds. The molecular weight excluding hydrogens is 166 g/mol. The van der Waals surface area contributed by atoms with Crippen molar-refractivity contribution in [2.24, 2.45) is 0 Å². The summed E-state index contributed by atoms with van der Waals surface area (Å²) in [5, 5.41) is 8.50. The molecule has 0 unspecified atom stereocenters. The van der Waals surface area contributed by atoms with Gasteiger partial charge >= 0.3 is 5.97 Å². The van der Waals surface area contributed by atoms with E-state index in [4.69, 9.17) is 5.11 Å². The summed E-state index contributed by atoms with van der Waals surface area (Å²) in [7, 11) is 0. The molecule has 0 aliphatic rings. The van der Waals surface area contributed by atoms with Gasteiger partial charge in [0.05, 0.1) is 0 Å². The van der Waals surface area contributed by atoms with E-state index in [0.29, 0.717) is 6.42 Å². The van der Waals surface area contributed by atoms with Gasteiger partial charge in [0, 0.05) is 17.8 Å². The summed E-state index contributed by atoms with van der Waals surface area (Å²) in [5.41, 5.74) is 2.92. The molecule has 0 saturated carbocycles. The Labute approximate surface area is 77.4 Å². The quantitative estimate of drug-likeness (QED) is 0.768. The first-order valence-electron chi connectivity index (χ1n) is 4.24. The Balaban J connectivity index is 2.72. The highest BCUT2D eigenvalue weighted by Crippen LogP contribution is 2.08. The lowest BCUT2D eigenvalue weighted by Gasteiger charge is -2.03. The number of rotatable bonds is 3. The minimum atomic E-state index is -0.764. The lowest BCUT2D eigenvalue weighted by molar-refractivity contribution is -0.136. The van der Waals surface area contributed by atoms with E-state index in [2.05, 4.69) is 4.98 Å². The van der Waals surface area contributed by atoms with Crippen LogP contribution in [-0.4, -0.2) is 16.1 Å². The van der Waals surface area contributed by atoms with Gasteiger partial charge in [0.15, 0.2) is 0 Å². The van der Waals surface area contributed by atoms with Crippen LogP contribution < -0.4 is 0 Å². The van der Waals surface area contributed by atoms with E-state index in [0.717, 1.165) is 17.0 Å². The summed E-state index contributed by atoms with van der Waals surface area (Å²) in [6.07, 6.45) is 0.736. The number of aliphatic carboxylic acids is 1. The van der Waals surface area contributed by atoms with Gasteiger partial charge < -0.3 is 5.11 Å². The fourth-order valence-corrected chi connectivity index (χ4v) is 1.22. The van der Waals surface area contributed by atoms with E-state index < -0.39 is 5.97 Å². The summed E-state index contributed by atoms with van der Waals surface area (Å²) < 4.78 is 0. The number of hydrogen-bond donors (Lipinski definition) is 1. The molecule has 0 spiro atoms. The van der Waals surface area contributed by atoms with Crippen molar-refractivity contribution in [3.63, 3.8) is 0 Å². The van der Waals surface area contributed by atoms with Crippen LogP contribution in [0.25, 0.3) is 0 Å². The van der Waals surface area contributed by atoms with Crippen molar-refractivity contribution in [3.05, 3.63) is 29.1 Å². The minimum Gasteiger partial charge on any atom is -0.481 e. The molecule has 13 heavy (non-hydrogen) atoms. The van der Waals surface area contributed by atoms with Gasteiger partial charge in [0.2, 0.25) is 0 Å². The van der Waals surface area contributed by atoms with Crippen LogP contribution >= 0.6 is 0 Å². The third-order valence-corrected chi connectivity index (χ3v) is 1.94. The van der Waals surface area contributed by atoms with Crippen LogP contribution in [0.2, 0.25) is 0 Å². The van der Waals surface area contributed by atoms with Crippen molar-refractivity contribution in [1.29, 1.82) is 0 Å². The van der Waals surface area contributed by atoms with Gasteiger partial charge in [-0.2, -0.15) is 0 Å². The Bertz CT molecular complexity index is 321. The van der Waals surface area contributed by atoms with Gasteiger partial charge in [-0.1, -0.05) is 6.07 Å². The van der Waals surface area contributed by atoms with Crippen LogP contribution in [0.1, 0.15) is 23.4 Å². The van der Waals surface area contributed by atoms with Crippen LogP contribution in [0.4, 0.5) is 0 Å². The number of carbonyl (C=O) groups is 1. The molecule has 1 heterocycles. The van der Waals surface area contributed by atoms with Gasteiger partial charge in [-0.25, -0.2) is 0 Å². The summed E-state index contributed by atoms with van der Waals surface area (Å²) in [4.78, 5) is 14.6. The monoisotopic (exact) mass is 179 g/mol. The predicted octanol–water partition coefficient (Wildman–Crippen LogP) is 1.72. The van der Waals surface area contributed by atoms with Crippen molar-refractivity contribution in [2.45, 2.75) is 26.7 Å². The molecular formula is C10H13NO2. The second-order valence-corrected chi connectivity index (χ2v) is 3.09. The maximum atomic E-state index is 10.3. The second kappa shape index (κ2) is 4.03. The molecule has 0 aliphatic heterocycles. The summed E-state index contributed by atoms with van der Waals surface area (Å²) in [6.45, 7) is 3.83. The molecule has 70 valence electrons. The first-order chi connectivity index (χ1) is 6.09. The number of hydrogen-bond acceptors (Lipinski definition) is 2. The van der Waals surface area contributed by atoms with Crippen molar-refractivity contribution in [1.82, 2.24) is 4.98 Å². The fraction of sp³-hybridized carbons (Fsp3) is 0.400. The standard InChI is InChI=1S/C10H13NO2/c1-7-3-4-9(8(2)11-7)5-6-10(12)13/h3-4H,5-6H2,1-2H3,(H,12,13). The van der Waals surface area contributed by atoms with E-state index in [1.807, 2.05) is 26.0 Å².